The summed E-state index contributed by atoms with van der Waals surface area (Å²) in [6, 6.07) is 13.3. The average molecular weight is 353 g/mol. The van der Waals surface area contributed by atoms with Crippen molar-refractivity contribution < 1.29 is 14.3 Å². The molecule has 0 aliphatic rings. The van der Waals surface area contributed by atoms with Gasteiger partial charge in [0.15, 0.2) is 11.5 Å². The first kappa shape index (κ1) is 17.7. The topological polar surface area (TPSA) is 66.6 Å². The van der Waals surface area contributed by atoms with Crippen LogP contribution in [0.5, 0.6) is 11.5 Å². The highest BCUT2D eigenvalue weighted by Gasteiger charge is 2.14. The predicted molar refractivity (Wildman–Crippen MR) is 103 cm³/mol. The number of aromatic nitrogens is 1. The minimum absolute atomic E-state index is 0.158. The van der Waals surface area contributed by atoms with Gasteiger partial charge in [0.05, 0.1) is 14.2 Å². The maximum atomic E-state index is 12.7. The van der Waals surface area contributed by atoms with Crippen LogP contribution in [0.25, 0.3) is 10.9 Å². The van der Waals surface area contributed by atoms with E-state index in [0.29, 0.717) is 30.3 Å². The maximum absolute atomic E-state index is 12.7. The smallest absolute Gasteiger partial charge is 0.322 e. The molecular weight excluding hydrogens is 330 g/mol. The van der Waals surface area contributed by atoms with E-state index >= 15 is 0 Å². The Morgan fingerprint density at radius 3 is 2.62 bits per heavy atom. The van der Waals surface area contributed by atoms with Gasteiger partial charge in [0, 0.05) is 36.6 Å². The molecule has 2 N–H and O–H groups in total. The molecule has 0 fully saturated rings. The van der Waals surface area contributed by atoms with E-state index in [0.717, 1.165) is 16.5 Å². The lowest BCUT2D eigenvalue weighted by Gasteiger charge is -2.22. The number of H-pyrrole nitrogens is 1. The zero-order chi connectivity index (χ0) is 18.5. The molecule has 0 atom stereocenters. The second-order valence-electron chi connectivity index (χ2n) is 5.91. The SMILES string of the molecule is CCN(Cc1ccc2[nH]ccc2c1)C(=O)Nc1ccc(OC)c(OC)c1. The number of carbonyl (C=O) groups excluding carboxylic acids is 1. The van der Waals surface area contributed by atoms with Gasteiger partial charge >= 0.3 is 6.03 Å². The van der Waals surface area contributed by atoms with Crippen molar-refractivity contribution in [2.24, 2.45) is 0 Å². The van der Waals surface area contributed by atoms with Crippen LogP contribution in [0.15, 0.2) is 48.7 Å². The first-order valence-electron chi connectivity index (χ1n) is 8.48. The summed E-state index contributed by atoms with van der Waals surface area (Å²) in [5, 5.41) is 4.05. The number of nitrogens with zero attached hydrogens (tertiary/aromatic N) is 1. The van der Waals surface area contributed by atoms with Gasteiger partial charge in [-0.1, -0.05) is 6.07 Å². The molecule has 136 valence electrons. The number of hydrogen-bond donors (Lipinski definition) is 2. The number of fused-ring (bicyclic) bond motifs is 1. The zero-order valence-corrected chi connectivity index (χ0v) is 15.2. The van der Waals surface area contributed by atoms with Gasteiger partial charge in [0.1, 0.15) is 0 Å². The number of ether oxygens (including phenoxy) is 2. The first-order valence-corrected chi connectivity index (χ1v) is 8.48. The number of hydrogen-bond acceptors (Lipinski definition) is 3. The lowest BCUT2D eigenvalue weighted by molar-refractivity contribution is 0.212. The van der Waals surface area contributed by atoms with Crippen LogP contribution in [0.1, 0.15) is 12.5 Å². The van der Waals surface area contributed by atoms with Crippen molar-refractivity contribution in [2.75, 3.05) is 26.1 Å². The van der Waals surface area contributed by atoms with Crippen molar-refractivity contribution >= 4 is 22.6 Å². The van der Waals surface area contributed by atoms with Crippen LogP contribution < -0.4 is 14.8 Å². The van der Waals surface area contributed by atoms with Gasteiger partial charge in [-0.05, 0) is 48.2 Å². The molecule has 0 bridgehead atoms. The molecule has 1 heterocycles. The summed E-state index contributed by atoms with van der Waals surface area (Å²) in [4.78, 5) is 17.6. The van der Waals surface area contributed by atoms with Gasteiger partial charge < -0.3 is 24.7 Å². The molecule has 0 saturated heterocycles. The van der Waals surface area contributed by atoms with Crippen molar-refractivity contribution in [1.29, 1.82) is 0 Å². The monoisotopic (exact) mass is 353 g/mol. The third-order valence-electron chi connectivity index (χ3n) is 4.29. The predicted octanol–water partition coefficient (Wildman–Crippen LogP) is 4.24. The molecule has 6 nitrogen and oxygen atoms in total. The van der Waals surface area contributed by atoms with E-state index in [1.54, 1.807) is 37.3 Å². The highest BCUT2D eigenvalue weighted by molar-refractivity contribution is 5.90. The summed E-state index contributed by atoms with van der Waals surface area (Å²) < 4.78 is 10.5. The van der Waals surface area contributed by atoms with Crippen molar-refractivity contribution in [2.45, 2.75) is 13.5 Å². The van der Waals surface area contributed by atoms with E-state index in [2.05, 4.69) is 16.4 Å². The van der Waals surface area contributed by atoms with Crippen molar-refractivity contribution in [3.8, 4) is 11.5 Å². The molecule has 0 aliphatic carbocycles. The van der Waals surface area contributed by atoms with Crippen LogP contribution in [0, 0.1) is 0 Å². The molecule has 3 aromatic rings. The van der Waals surface area contributed by atoms with E-state index in [1.165, 1.54) is 0 Å². The summed E-state index contributed by atoms with van der Waals surface area (Å²) >= 11 is 0. The van der Waals surface area contributed by atoms with E-state index in [4.69, 9.17) is 9.47 Å². The second-order valence-corrected chi connectivity index (χ2v) is 5.91. The molecule has 0 spiro atoms. The summed E-state index contributed by atoms with van der Waals surface area (Å²) in [5.74, 6) is 1.20. The Hall–Kier alpha value is -3.15. The van der Waals surface area contributed by atoms with Crippen LogP contribution in [-0.4, -0.2) is 36.7 Å². The van der Waals surface area contributed by atoms with Gasteiger partial charge in [-0.15, -0.1) is 0 Å². The summed E-state index contributed by atoms with van der Waals surface area (Å²) in [6.07, 6.45) is 1.91. The zero-order valence-electron chi connectivity index (χ0n) is 15.2. The molecule has 2 amide bonds. The summed E-state index contributed by atoms with van der Waals surface area (Å²) in [7, 11) is 3.15. The van der Waals surface area contributed by atoms with Crippen LogP contribution in [0.2, 0.25) is 0 Å². The molecule has 1 aromatic heterocycles. The molecular formula is C20H23N3O3. The number of nitrogens with one attached hydrogen (secondary N) is 2. The Kier molecular flexibility index (Phi) is 5.31. The quantitative estimate of drug-likeness (QED) is 0.696. The highest BCUT2D eigenvalue weighted by atomic mass is 16.5. The second kappa shape index (κ2) is 7.82. The van der Waals surface area contributed by atoms with Crippen LogP contribution >= 0.6 is 0 Å². The number of aromatic amines is 1. The standard InChI is InChI=1S/C20H23N3O3/c1-4-23(13-14-5-7-17-15(11-14)9-10-21-17)20(24)22-16-6-8-18(25-2)19(12-16)26-3/h5-12,21H,4,13H2,1-3H3,(H,22,24). The fourth-order valence-electron chi connectivity index (χ4n) is 2.87. The summed E-state index contributed by atoms with van der Waals surface area (Å²) in [6.45, 7) is 3.10. The number of anilines is 1. The lowest BCUT2D eigenvalue weighted by Crippen LogP contribution is -2.34. The minimum Gasteiger partial charge on any atom is -0.493 e. The Bertz CT molecular complexity index is 904. The molecule has 26 heavy (non-hydrogen) atoms. The van der Waals surface area contributed by atoms with Crippen molar-refractivity contribution in [3.05, 3.63) is 54.2 Å². The van der Waals surface area contributed by atoms with Crippen LogP contribution in [0.4, 0.5) is 10.5 Å². The highest BCUT2D eigenvalue weighted by Crippen LogP contribution is 2.29. The Morgan fingerprint density at radius 2 is 1.88 bits per heavy atom. The normalized spacial score (nSPS) is 10.6. The van der Waals surface area contributed by atoms with E-state index in [9.17, 15) is 4.79 Å². The van der Waals surface area contributed by atoms with Crippen molar-refractivity contribution in [3.63, 3.8) is 0 Å². The number of benzene rings is 2. The lowest BCUT2D eigenvalue weighted by atomic mass is 10.1. The minimum atomic E-state index is -0.158. The number of urea groups is 1. The summed E-state index contributed by atoms with van der Waals surface area (Å²) in [5.41, 5.74) is 2.83. The first-order chi connectivity index (χ1) is 12.6. The van der Waals surface area contributed by atoms with Crippen molar-refractivity contribution in [1.82, 2.24) is 9.88 Å². The van der Waals surface area contributed by atoms with Gasteiger partial charge in [-0.3, -0.25) is 0 Å². The van der Waals surface area contributed by atoms with Gasteiger partial charge in [-0.25, -0.2) is 4.79 Å². The Morgan fingerprint density at radius 1 is 1.08 bits per heavy atom. The molecule has 6 heteroatoms. The van der Waals surface area contributed by atoms with E-state index < -0.39 is 0 Å². The number of amides is 2. The van der Waals surface area contributed by atoms with Gasteiger partial charge in [-0.2, -0.15) is 0 Å². The number of rotatable bonds is 6. The third-order valence-corrected chi connectivity index (χ3v) is 4.29. The largest absolute Gasteiger partial charge is 0.493 e. The van der Waals surface area contributed by atoms with Gasteiger partial charge in [0.25, 0.3) is 0 Å². The van der Waals surface area contributed by atoms with Gasteiger partial charge in [0.2, 0.25) is 0 Å². The van der Waals surface area contributed by atoms with Crippen LogP contribution in [0.3, 0.4) is 0 Å². The maximum Gasteiger partial charge on any atom is 0.322 e. The fraction of sp³-hybridized carbons (Fsp3) is 0.250. The molecule has 2 aromatic carbocycles. The molecule has 3 rings (SSSR count). The molecule has 0 aliphatic heterocycles. The van der Waals surface area contributed by atoms with E-state index in [-0.39, 0.29) is 6.03 Å². The molecule has 0 radical (unpaired) electrons. The fourth-order valence-corrected chi connectivity index (χ4v) is 2.87. The third kappa shape index (κ3) is 3.74. The average Bonchev–Trinajstić information content (AvgIpc) is 3.13. The number of carbonyl (C=O) groups is 1. The Balaban J connectivity index is 1.72. The molecule has 0 unspecified atom stereocenters. The van der Waals surface area contributed by atoms with Crippen LogP contribution in [-0.2, 0) is 6.54 Å². The Labute approximate surface area is 152 Å². The molecule has 0 saturated carbocycles. The number of methoxy groups -OCH3 is 2. The van der Waals surface area contributed by atoms with E-state index in [1.807, 2.05) is 31.3 Å².